The van der Waals surface area contributed by atoms with Gasteiger partial charge in [0.2, 0.25) is 0 Å². The van der Waals surface area contributed by atoms with Gasteiger partial charge in [0, 0.05) is 14.8 Å². The predicted molar refractivity (Wildman–Crippen MR) is 129 cm³/mol. The van der Waals surface area contributed by atoms with Gasteiger partial charge in [-0.2, -0.15) is 0 Å². The first-order valence-corrected chi connectivity index (χ1v) is 11.2. The molecule has 6 heteroatoms. The minimum atomic E-state index is -0.444. The fourth-order valence-corrected chi connectivity index (χ4v) is 4.30. The first-order valence-electron chi connectivity index (χ1n) is 10.0. The Morgan fingerprint density at radius 3 is 2.41 bits per heavy atom. The lowest BCUT2D eigenvalue weighted by atomic mass is 10.0. The van der Waals surface area contributed by atoms with Crippen molar-refractivity contribution in [3.05, 3.63) is 102 Å². The monoisotopic (exact) mass is 461 g/mol. The summed E-state index contributed by atoms with van der Waals surface area (Å²) >= 11 is 7.46. The molecule has 0 heterocycles. The van der Waals surface area contributed by atoms with Crippen LogP contribution in [0.1, 0.15) is 5.56 Å². The second kappa shape index (κ2) is 10.4. The molecule has 4 aromatic carbocycles. The second-order valence-electron chi connectivity index (χ2n) is 7.08. The Bertz CT molecular complexity index is 1250. The van der Waals surface area contributed by atoms with Crippen molar-refractivity contribution in [1.29, 1.82) is 0 Å². The Hall–Kier alpha value is -3.28. The highest BCUT2D eigenvalue weighted by molar-refractivity contribution is 7.99. The molecule has 1 amide bonds. The summed E-state index contributed by atoms with van der Waals surface area (Å²) in [5.74, 6) is -0.833. The van der Waals surface area contributed by atoms with Gasteiger partial charge in [-0.15, -0.1) is 0 Å². The van der Waals surface area contributed by atoms with Crippen LogP contribution < -0.4 is 5.32 Å². The highest BCUT2D eigenvalue weighted by Gasteiger charge is 2.12. The number of hydrogen-bond donors (Lipinski definition) is 1. The lowest BCUT2D eigenvalue weighted by Gasteiger charge is -2.11. The molecule has 0 atom stereocenters. The highest BCUT2D eigenvalue weighted by atomic mass is 35.5. The standard InChI is InChI=1S/C26H20ClNO3S/c27-20-12-14-21(15-13-20)32-24-11-4-3-10-23(24)28-25(29)17-31-26(30)16-19-8-5-7-18-6-1-2-9-22(18)19/h1-15H,16-17H2,(H,28,29). The van der Waals surface area contributed by atoms with Crippen LogP contribution in [-0.2, 0) is 20.7 Å². The maximum atomic E-state index is 12.4. The van der Waals surface area contributed by atoms with Gasteiger partial charge in [-0.3, -0.25) is 9.59 Å². The molecule has 4 nitrogen and oxygen atoms in total. The number of para-hydroxylation sites is 1. The molecule has 0 fully saturated rings. The molecule has 0 radical (unpaired) electrons. The van der Waals surface area contributed by atoms with Gasteiger partial charge in [-0.05, 0) is 52.7 Å². The third-order valence-corrected chi connectivity index (χ3v) is 6.12. The Labute approximate surface area is 195 Å². The van der Waals surface area contributed by atoms with Crippen LogP contribution in [-0.4, -0.2) is 18.5 Å². The molecule has 0 saturated carbocycles. The van der Waals surface area contributed by atoms with Crippen molar-refractivity contribution >= 4 is 51.7 Å². The van der Waals surface area contributed by atoms with Crippen LogP contribution in [0, 0.1) is 0 Å². The van der Waals surface area contributed by atoms with Gasteiger partial charge < -0.3 is 10.1 Å². The molecule has 4 aromatic rings. The van der Waals surface area contributed by atoms with Crippen molar-refractivity contribution in [3.8, 4) is 0 Å². The van der Waals surface area contributed by atoms with Crippen molar-refractivity contribution in [1.82, 2.24) is 0 Å². The maximum absolute atomic E-state index is 12.4. The fraction of sp³-hybridized carbons (Fsp3) is 0.0769. The number of ether oxygens (including phenoxy) is 1. The number of fused-ring (bicyclic) bond motifs is 1. The molecule has 0 saturated heterocycles. The molecule has 0 aliphatic carbocycles. The van der Waals surface area contributed by atoms with E-state index in [-0.39, 0.29) is 18.9 Å². The molecule has 0 bridgehead atoms. The average molecular weight is 462 g/mol. The zero-order valence-corrected chi connectivity index (χ0v) is 18.7. The largest absolute Gasteiger partial charge is 0.455 e. The van der Waals surface area contributed by atoms with Crippen molar-refractivity contribution in [2.45, 2.75) is 16.2 Å². The van der Waals surface area contributed by atoms with E-state index in [4.69, 9.17) is 16.3 Å². The molecular weight excluding hydrogens is 442 g/mol. The molecule has 0 unspecified atom stereocenters. The lowest BCUT2D eigenvalue weighted by molar-refractivity contribution is -0.146. The number of amides is 1. The van der Waals surface area contributed by atoms with E-state index in [1.165, 1.54) is 11.8 Å². The van der Waals surface area contributed by atoms with Gasteiger partial charge in [0.25, 0.3) is 5.91 Å². The van der Waals surface area contributed by atoms with E-state index >= 15 is 0 Å². The number of nitrogens with one attached hydrogen (secondary N) is 1. The summed E-state index contributed by atoms with van der Waals surface area (Å²) in [7, 11) is 0. The summed E-state index contributed by atoms with van der Waals surface area (Å²) in [6.45, 7) is -0.344. The number of halogens is 1. The molecular formula is C26H20ClNO3S. The van der Waals surface area contributed by atoms with Crippen molar-refractivity contribution in [2.24, 2.45) is 0 Å². The zero-order valence-electron chi connectivity index (χ0n) is 17.1. The van der Waals surface area contributed by atoms with E-state index in [9.17, 15) is 9.59 Å². The summed E-state index contributed by atoms with van der Waals surface area (Å²) in [6.07, 6.45) is 0.109. The summed E-state index contributed by atoms with van der Waals surface area (Å²) in [5, 5.41) is 5.56. The number of benzene rings is 4. The third-order valence-electron chi connectivity index (χ3n) is 4.78. The molecule has 1 N–H and O–H groups in total. The fourth-order valence-electron chi connectivity index (χ4n) is 3.27. The minimum absolute atomic E-state index is 0.109. The van der Waals surface area contributed by atoms with E-state index in [0.717, 1.165) is 26.1 Å². The Kier molecular flexibility index (Phi) is 7.10. The van der Waals surface area contributed by atoms with Crippen molar-refractivity contribution < 1.29 is 14.3 Å². The molecule has 4 rings (SSSR count). The summed E-state index contributed by atoms with van der Waals surface area (Å²) in [6, 6.07) is 28.6. The molecule has 0 aliphatic heterocycles. The van der Waals surface area contributed by atoms with E-state index in [1.807, 2.05) is 91.0 Å². The van der Waals surface area contributed by atoms with Gasteiger partial charge in [0.15, 0.2) is 6.61 Å². The zero-order chi connectivity index (χ0) is 22.3. The smallest absolute Gasteiger partial charge is 0.310 e. The number of esters is 1. The average Bonchev–Trinajstić information content (AvgIpc) is 2.81. The number of carbonyl (C=O) groups excluding carboxylic acids is 2. The minimum Gasteiger partial charge on any atom is -0.455 e. The molecule has 0 aliphatic rings. The van der Waals surface area contributed by atoms with Gasteiger partial charge >= 0.3 is 5.97 Å². The van der Waals surface area contributed by atoms with E-state index in [1.54, 1.807) is 0 Å². The predicted octanol–water partition coefficient (Wildman–Crippen LogP) is 6.37. The van der Waals surface area contributed by atoms with E-state index < -0.39 is 5.97 Å². The first-order chi connectivity index (χ1) is 15.6. The summed E-state index contributed by atoms with van der Waals surface area (Å²) in [4.78, 5) is 26.6. The van der Waals surface area contributed by atoms with Crippen molar-refractivity contribution in [3.63, 3.8) is 0 Å². The number of carbonyl (C=O) groups is 2. The van der Waals surface area contributed by atoms with E-state index in [0.29, 0.717) is 10.7 Å². The van der Waals surface area contributed by atoms with Crippen LogP contribution in [0.5, 0.6) is 0 Å². The SMILES string of the molecule is O=C(COC(=O)Cc1cccc2ccccc12)Nc1ccccc1Sc1ccc(Cl)cc1. The topological polar surface area (TPSA) is 55.4 Å². The second-order valence-corrected chi connectivity index (χ2v) is 8.63. The molecule has 0 spiro atoms. The van der Waals surface area contributed by atoms with Crippen LogP contribution in [0.15, 0.2) is 101 Å². The summed E-state index contributed by atoms with van der Waals surface area (Å²) < 4.78 is 5.23. The molecule has 0 aromatic heterocycles. The third kappa shape index (κ3) is 5.69. The number of anilines is 1. The lowest BCUT2D eigenvalue weighted by Crippen LogP contribution is -2.22. The van der Waals surface area contributed by atoms with Gasteiger partial charge in [0.05, 0.1) is 12.1 Å². The van der Waals surface area contributed by atoms with E-state index in [2.05, 4.69) is 5.32 Å². The van der Waals surface area contributed by atoms with Crippen LogP contribution in [0.25, 0.3) is 10.8 Å². The van der Waals surface area contributed by atoms with Crippen molar-refractivity contribution in [2.75, 3.05) is 11.9 Å². The van der Waals surface area contributed by atoms with Crippen LogP contribution in [0.2, 0.25) is 5.02 Å². The Balaban J connectivity index is 1.35. The highest BCUT2D eigenvalue weighted by Crippen LogP contribution is 2.33. The number of rotatable bonds is 7. The number of hydrogen-bond acceptors (Lipinski definition) is 4. The molecule has 160 valence electrons. The quantitative estimate of drug-likeness (QED) is 0.325. The van der Waals surface area contributed by atoms with Crippen LogP contribution >= 0.6 is 23.4 Å². The van der Waals surface area contributed by atoms with Crippen LogP contribution in [0.3, 0.4) is 0 Å². The maximum Gasteiger partial charge on any atom is 0.310 e. The Morgan fingerprint density at radius 2 is 1.56 bits per heavy atom. The van der Waals surface area contributed by atoms with Crippen LogP contribution in [0.4, 0.5) is 5.69 Å². The summed E-state index contributed by atoms with van der Waals surface area (Å²) in [5.41, 5.74) is 1.53. The first kappa shape index (κ1) is 21.9. The van der Waals surface area contributed by atoms with Gasteiger partial charge in [0.1, 0.15) is 0 Å². The molecule has 32 heavy (non-hydrogen) atoms. The normalized spacial score (nSPS) is 10.7. The Morgan fingerprint density at radius 1 is 0.844 bits per heavy atom. The van der Waals surface area contributed by atoms with Gasteiger partial charge in [-0.1, -0.05) is 78.0 Å². The van der Waals surface area contributed by atoms with Gasteiger partial charge in [-0.25, -0.2) is 0 Å².